The standard InChI is InChI=1S/C19H24N2O4S/c1-3-25-18-10-8-15(9-11-18)12-19(22)21-13-16-6-4-5-7-17(16)14-26(23,24)20-2/h4-11,20H,3,12-14H2,1-2H3,(H,21,22). The maximum Gasteiger partial charge on any atom is 0.224 e. The lowest BCUT2D eigenvalue weighted by Gasteiger charge is -2.11. The van der Waals surface area contributed by atoms with Gasteiger partial charge < -0.3 is 10.1 Å². The quantitative estimate of drug-likeness (QED) is 0.701. The van der Waals surface area contributed by atoms with E-state index in [1.165, 1.54) is 7.05 Å². The van der Waals surface area contributed by atoms with Gasteiger partial charge in [-0.1, -0.05) is 36.4 Å². The molecule has 7 heteroatoms. The van der Waals surface area contributed by atoms with Crippen LogP contribution in [0, 0.1) is 0 Å². The zero-order valence-electron chi connectivity index (χ0n) is 15.0. The summed E-state index contributed by atoms with van der Waals surface area (Å²) in [5.41, 5.74) is 2.34. The van der Waals surface area contributed by atoms with Crippen LogP contribution in [0.2, 0.25) is 0 Å². The third kappa shape index (κ3) is 6.16. The summed E-state index contributed by atoms with van der Waals surface area (Å²) < 4.78 is 31.2. The highest BCUT2D eigenvalue weighted by atomic mass is 32.2. The van der Waals surface area contributed by atoms with E-state index in [2.05, 4.69) is 10.0 Å². The Morgan fingerprint density at radius 3 is 2.31 bits per heavy atom. The number of benzene rings is 2. The summed E-state index contributed by atoms with van der Waals surface area (Å²) in [5.74, 6) is 0.533. The molecule has 0 saturated heterocycles. The van der Waals surface area contributed by atoms with Crippen molar-refractivity contribution in [2.24, 2.45) is 0 Å². The Labute approximate surface area is 154 Å². The second-order valence-electron chi connectivity index (χ2n) is 5.76. The number of amides is 1. The van der Waals surface area contributed by atoms with E-state index in [1.54, 1.807) is 12.1 Å². The first kappa shape index (κ1) is 19.9. The van der Waals surface area contributed by atoms with Crippen LogP contribution in [0.3, 0.4) is 0 Å². The van der Waals surface area contributed by atoms with Crippen LogP contribution in [-0.4, -0.2) is 28.0 Å². The molecule has 0 aliphatic carbocycles. The Morgan fingerprint density at radius 1 is 1.04 bits per heavy atom. The molecule has 0 aliphatic heterocycles. The van der Waals surface area contributed by atoms with Crippen LogP contribution in [0.4, 0.5) is 0 Å². The van der Waals surface area contributed by atoms with Gasteiger partial charge in [-0.05, 0) is 42.8 Å². The van der Waals surface area contributed by atoms with Crippen molar-refractivity contribution >= 4 is 15.9 Å². The molecule has 2 aromatic carbocycles. The molecule has 0 aromatic heterocycles. The molecule has 2 aromatic rings. The highest BCUT2D eigenvalue weighted by molar-refractivity contribution is 7.88. The van der Waals surface area contributed by atoms with Gasteiger partial charge in [0.2, 0.25) is 15.9 Å². The summed E-state index contributed by atoms with van der Waals surface area (Å²) in [4.78, 5) is 12.2. The zero-order valence-corrected chi connectivity index (χ0v) is 15.8. The van der Waals surface area contributed by atoms with E-state index in [4.69, 9.17) is 4.74 Å². The number of nitrogens with one attached hydrogen (secondary N) is 2. The number of hydrogen-bond donors (Lipinski definition) is 2. The van der Waals surface area contributed by atoms with Crippen molar-refractivity contribution in [1.82, 2.24) is 10.0 Å². The SMILES string of the molecule is CCOc1ccc(CC(=O)NCc2ccccc2CS(=O)(=O)NC)cc1. The molecular weight excluding hydrogens is 352 g/mol. The lowest BCUT2D eigenvalue weighted by atomic mass is 10.1. The Kier molecular flexibility index (Phi) is 7.17. The Balaban J connectivity index is 1.95. The summed E-state index contributed by atoms with van der Waals surface area (Å²) in [5, 5.41) is 2.85. The van der Waals surface area contributed by atoms with Gasteiger partial charge in [0, 0.05) is 6.54 Å². The largest absolute Gasteiger partial charge is 0.494 e. The van der Waals surface area contributed by atoms with Crippen molar-refractivity contribution in [1.29, 1.82) is 0 Å². The summed E-state index contributed by atoms with van der Waals surface area (Å²) in [6, 6.07) is 14.6. The molecule has 0 atom stereocenters. The van der Waals surface area contributed by atoms with Crippen molar-refractivity contribution in [3.63, 3.8) is 0 Å². The van der Waals surface area contributed by atoms with Gasteiger partial charge in [0.25, 0.3) is 0 Å². The fraction of sp³-hybridized carbons (Fsp3) is 0.316. The zero-order chi connectivity index (χ0) is 19.0. The topological polar surface area (TPSA) is 84.5 Å². The van der Waals surface area contributed by atoms with E-state index < -0.39 is 10.0 Å². The van der Waals surface area contributed by atoms with Crippen LogP contribution in [0.25, 0.3) is 0 Å². The fourth-order valence-electron chi connectivity index (χ4n) is 2.46. The average Bonchev–Trinajstić information content (AvgIpc) is 2.63. The number of carbonyl (C=O) groups excluding carboxylic acids is 1. The molecular formula is C19H24N2O4S. The van der Waals surface area contributed by atoms with E-state index >= 15 is 0 Å². The Hall–Kier alpha value is -2.38. The van der Waals surface area contributed by atoms with Gasteiger partial charge in [-0.3, -0.25) is 4.79 Å². The van der Waals surface area contributed by atoms with E-state index in [0.717, 1.165) is 16.9 Å². The molecule has 1 amide bonds. The minimum absolute atomic E-state index is 0.117. The minimum Gasteiger partial charge on any atom is -0.494 e. The summed E-state index contributed by atoms with van der Waals surface area (Å²) in [7, 11) is -1.98. The number of ether oxygens (including phenoxy) is 1. The van der Waals surface area contributed by atoms with Crippen molar-refractivity contribution in [3.8, 4) is 5.75 Å². The van der Waals surface area contributed by atoms with Crippen LogP contribution >= 0.6 is 0 Å². The third-order valence-electron chi connectivity index (χ3n) is 3.85. The number of sulfonamides is 1. The van der Waals surface area contributed by atoms with Crippen LogP contribution < -0.4 is 14.8 Å². The van der Waals surface area contributed by atoms with Gasteiger partial charge in [0.05, 0.1) is 18.8 Å². The highest BCUT2D eigenvalue weighted by Gasteiger charge is 2.12. The molecule has 0 bridgehead atoms. The first-order valence-corrected chi connectivity index (χ1v) is 10.0. The van der Waals surface area contributed by atoms with Crippen molar-refractivity contribution in [3.05, 3.63) is 65.2 Å². The minimum atomic E-state index is -3.37. The molecule has 6 nitrogen and oxygen atoms in total. The molecule has 2 N–H and O–H groups in total. The van der Waals surface area contributed by atoms with Crippen molar-refractivity contribution in [2.45, 2.75) is 25.6 Å². The van der Waals surface area contributed by atoms with Crippen LogP contribution in [0.15, 0.2) is 48.5 Å². The maximum atomic E-state index is 12.2. The van der Waals surface area contributed by atoms with Crippen molar-refractivity contribution in [2.75, 3.05) is 13.7 Å². The molecule has 26 heavy (non-hydrogen) atoms. The summed E-state index contributed by atoms with van der Waals surface area (Å²) in [6.07, 6.45) is 0.253. The molecule has 0 spiro atoms. The predicted molar refractivity (Wildman–Crippen MR) is 101 cm³/mol. The van der Waals surface area contributed by atoms with E-state index in [1.807, 2.05) is 43.3 Å². The molecule has 0 saturated carbocycles. The number of hydrogen-bond acceptors (Lipinski definition) is 4. The summed E-state index contributed by atoms with van der Waals surface area (Å²) in [6.45, 7) is 2.80. The molecule has 0 radical (unpaired) electrons. The van der Waals surface area contributed by atoms with Gasteiger partial charge in [-0.25, -0.2) is 13.1 Å². The lowest BCUT2D eigenvalue weighted by Crippen LogP contribution is -2.26. The molecule has 0 heterocycles. The normalized spacial score (nSPS) is 11.2. The highest BCUT2D eigenvalue weighted by Crippen LogP contribution is 2.14. The number of carbonyl (C=O) groups is 1. The third-order valence-corrected chi connectivity index (χ3v) is 5.16. The Bertz CT molecular complexity index is 833. The first-order chi connectivity index (χ1) is 12.4. The van der Waals surface area contributed by atoms with E-state index in [9.17, 15) is 13.2 Å². The second kappa shape index (κ2) is 9.35. The molecule has 2 rings (SSSR count). The predicted octanol–water partition coefficient (Wildman–Crippen LogP) is 1.99. The fourth-order valence-corrected chi connectivity index (χ4v) is 3.29. The first-order valence-electron chi connectivity index (χ1n) is 8.40. The average molecular weight is 376 g/mol. The van der Waals surface area contributed by atoms with Crippen molar-refractivity contribution < 1.29 is 17.9 Å². The smallest absolute Gasteiger partial charge is 0.224 e. The van der Waals surface area contributed by atoms with Gasteiger partial charge in [0.15, 0.2) is 0 Å². The van der Waals surface area contributed by atoms with Gasteiger partial charge >= 0.3 is 0 Å². The van der Waals surface area contributed by atoms with Gasteiger partial charge in [0.1, 0.15) is 5.75 Å². The number of rotatable bonds is 9. The molecule has 140 valence electrons. The van der Waals surface area contributed by atoms with Crippen LogP contribution in [0.5, 0.6) is 5.75 Å². The maximum absolute atomic E-state index is 12.2. The van der Waals surface area contributed by atoms with Gasteiger partial charge in [-0.15, -0.1) is 0 Å². The Morgan fingerprint density at radius 2 is 1.69 bits per heavy atom. The molecule has 0 fully saturated rings. The lowest BCUT2D eigenvalue weighted by molar-refractivity contribution is -0.120. The monoisotopic (exact) mass is 376 g/mol. The van der Waals surface area contributed by atoms with Crippen LogP contribution in [0.1, 0.15) is 23.6 Å². The van der Waals surface area contributed by atoms with Gasteiger partial charge in [-0.2, -0.15) is 0 Å². The second-order valence-corrected chi connectivity index (χ2v) is 7.69. The van der Waals surface area contributed by atoms with Crippen LogP contribution in [-0.2, 0) is 33.5 Å². The van der Waals surface area contributed by atoms with E-state index in [0.29, 0.717) is 12.2 Å². The van der Waals surface area contributed by atoms with E-state index in [-0.39, 0.29) is 24.6 Å². The molecule has 0 unspecified atom stereocenters. The summed E-state index contributed by atoms with van der Waals surface area (Å²) >= 11 is 0. The molecule has 0 aliphatic rings.